The lowest BCUT2D eigenvalue weighted by atomic mass is 9.81. The molecule has 4 heterocycles. The first-order valence-electron chi connectivity index (χ1n) is 11.7. The normalized spacial score (nSPS) is 16.0. The number of aromatic nitrogens is 2. The van der Waals surface area contributed by atoms with Crippen LogP contribution in [-0.2, 0) is 0 Å². The maximum Gasteiger partial charge on any atom is 0.274 e. The first kappa shape index (κ1) is 21.3. The molecule has 0 saturated heterocycles. The Labute approximate surface area is 215 Å². The molecule has 1 aliphatic rings. The Balaban J connectivity index is 1.54. The van der Waals surface area contributed by atoms with Crippen LogP contribution in [0.2, 0.25) is 0 Å². The molecule has 3 aromatic carbocycles. The topological polar surface area (TPSA) is 43.6 Å². The molecular formula is C30H20N2O2S2. The predicted octanol–water partition coefficient (Wildman–Crippen LogP) is 6.41. The highest BCUT2D eigenvalue weighted by Gasteiger charge is 2.31. The molecule has 0 unspecified atom stereocenters. The molecule has 0 fully saturated rings. The summed E-state index contributed by atoms with van der Waals surface area (Å²) in [5.41, 5.74) is 6.05. The predicted molar refractivity (Wildman–Crippen MR) is 148 cm³/mol. The van der Waals surface area contributed by atoms with Crippen LogP contribution in [0.15, 0.2) is 101 Å². The third-order valence-corrected chi connectivity index (χ3v) is 8.44. The molecule has 0 spiro atoms. The number of hydrogen-bond acceptors (Lipinski definition) is 5. The molecular weight excluding hydrogens is 484 g/mol. The third kappa shape index (κ3) is 3.33. The van der Waals surface area contributed by atoms with Crippen molar-refractivity contribution in [3.8, 4) is 5.75 Å². The lowest BCUT2D eigenvalue weighted by molar-refractivity contribution is 0.490. The number of hydrogen-bond donors (Lipinski definition) is 0. The SMILES string of the molecule is Cc1ccc([C@@H]2C(/C=c3/sc4nc5ccccc5n4c3=O)=C(c3cccs3)Oc3ccccc32)cc1. The van der Waals surface area contributed by atoms with Gasteiger partial charge in [0.2, 0.25) is 0 Å². The fraction of sp³-hybridized carbons (Fsp3) is 0.0667. The highest BCUT2D eigenvalue weighted by atomic mass is 32.1. The van der Waals surface area contributed by atoms with Gasteiger partial charge >= 0.3 is 0 Å². The van der Waals surface area contributed by atoms with E-state index in [9.17, 15) is 4.79 Å². The van der Waals surface area contributed by atoms with Gasteiger partial charge in [-0.25, -0.2) is 9.38 Å². The fourth-order valence-corrected chi connectivity index (χ4v) is 6.61. The van der Waals surface area contributed by atoms with Crippen molar-refractivity contribution < 1.29 is 4.74 Å². The van der Waals surface area contributed by atoms with Gasteiger partial charge in [-0.15, -0.1) is 11.3 Å². The molecule has 0 amide bonds. The smallest absolute Gasteiger partial charge is 0.274 e. The van der Waals surface area contributed by atoms with Gasteiger partial charge in [0, 0.05) is 17.1 Å². The van der Waals surface area contributed by atoms with Gasteiger partial charge in [-0.05, 0) is 48.2 Å². The van der Waals surface area contributed by atoms with Crippen molar-refractivity contribution >= 4 is 50.5 Å². The molecule has 174 valence electrons. The Kier molecular flexibility index (Phi) is 4.91. The Bertz CT molecular complexity index is 1890. The van der Waals surface area contributed by atoms with Gasteiger partial charge in [-0.2, -0.15) is 0 Å². The van der Waals surface area contributed by atoms with E-state index >= 15 is 0 Å². The van der Waals surface area contributed by atoms with Gasteiger partial charge in [0.25, 0.3) is 5.56 Å². The van der Waals surface area contributed by atoms with Crippen LogP contribution in [0.5, 0.6) is 5.75 Å². The molecule has 0 saturated carbocycles. The summed E-state index contributed by atoms with van der Waals surface area (Å²) in [7, 11) is 0. The van der Waals surface area contributed by atoms with E-state index in [-0.39, 0.29) is 11.5 Å². The zero-order valence-electron chi connectivity index (χ0n) is 19.3. The van der Waals surface area contributed by atoms with Crippen molar-refractivity contribution in [3.63, 3.8) is 0 Å². The van der Waals surface area contributed by atoms with Crippen LogP contribution in [0.3, 0.4) is 0 Å². The quantitative estimate of drug-likeness (QED) is 0.280. The van der Waals surface area contributed by atoms with Crippen LogP contribution in [0.25, 0.3) is 27.8 Å². The summed E-state index contributed by atoms with van der Waals surface area (Å²) in [6.07, 6.45) is 2.02. The third-order valence-electron chi connectivity index (χ3n) is 6.60. The molecule has 0 N–H and O–H groups in total. The second-order valence-electron chi connectivity index (χ2n) is 8.88. The average Bonchev–Trinajstić information content (AvgIpc) is 3.62. The second kappa shape index (κ2) is 8.29. The van der Waals surface area contributed by atoms with Crippen LogP contribution in [0.4, 0.5) is 0 Å². The van der Waals surface area contributed by atoms with Gasteiger partial charge in [-0.3, -0.25) is 4.79 Å². The summed E-state index contributed by atoms with van der Waals surface area (Å²) >= 11 is 3.06. The summed E-state index contributed by atoms with van der Waals surface area (Å²) in [6.45, 7) is 2.09. The van der Waals surface area contributed by atoms with Gasteiger partial charge < -0.3 is 4.74 Å². The summed E-state index contributed by atoms with van der Waals surface area (Å²) < 4.78 is 8.90. The van der Waals surface area contributed by atoms with E-state index in [1.165, 1.54) is 16.9 Å². The highest BCUT2D eigenvalue weighted by Crippen LogP contribution is 2.47. The van der Waals surface area contributed by atoms with Crippen LogP contribution >= 0.6 is 22.7 Å². The fourth-order valence-electron chi connectivity index (χ4n) is 4.90. The lowest BCUT2D eigenvalue weighted by Crippen LogP contribution is -2.24. The number of rotatable bonds is 3. The molecule has 1 atom stereocenters. The van der Waals surface area contributed by atoms with Crippen molar-refractivity contribution in [1.29, 1.82) is 0 Å². The van der Waals surface area contributed by atoms with Crippen molar-refractivity contribution in [2.24, 2.45) is 0 Å². The zero-order chi connectivity index (χ0) is 24.2. The van der Waals surface area contributed by atoms with Gasteiger partial charge in [0.15, 0.2) is 4.96 Å². The van der Waals surface area contributed by atoms with Crippen LogP contribution < -0.4 is 14.8 Å². The summed E-state index contributed by atoms with van der Waals surface area (Å²) in [5, 5.41) is 2.05. The van der Waals surface area contributed by atoms with E-state index in [0.29, 0.717) is 9.49 Å². The number of allylic oxidation sites excluding steroid dienone is 1. The highest BCUT2D eigenvalue weighted by molar-refractivity contribution is 7.15. The number of fused-ring (bicyclic) bond motifs is 4. The van der Waals surface area contributed by atoms with Gasteiger partial charge in [0.1, 0.15) is 11.5 Å². The molecule has 6 aromatic rings. The van der Waals surface area contributed by atoms with E-state index in [4.69, 9.17) is 9.72 Å². The molecule has 0 aliphatic carbocycles. The molecule has 1 aliphatic heterocycles. The molecule has 0 radical (unpaired) electrons. The molecule has 6 heteroatoms. The van der Waals surface area contributed by atoms with E-state index in [1.807, 2.05) is 54.6 Å². The number of thiophene rings is 1. The van der Waals surface area contributed by atoms with E-state index in [0.717, 1.165) is 44.1 Å². The van der Waals surface area contributed by atoms with Gasteiger partial charge in [0.05, 0.1) is 20.4 Å². The summed E-state index contributed by atoms with van der Waals surface area (Å²) in [4.78, 5) is 20.1. The second-order valence-corrected chi connectivity index (χ2v) is 10.8. The number of nitrogens with zero attached hydrogens (tertiary/aromatic N) is 2. The number of thiazole rings is 1. The Morgan fingerprint density at radius 3 is 2.58 bits per heavy atom. The first-order chi connectivity index (χ1) is 17.7. The number of imidazole rings is 1. The standard InChI is InChI=1S/C30H20N2O2S2/c1-18-12-14-19(15-13-18)27-20-7-2-5-10-24(20)34-28(25-11-6-16-35-25)21(27)17-26-29(33)32-23-9-4-3-8-22(23)31-30(32)36-26/h2-17,27H,1H3/b26-17+/t27-/m0/s1. The minimum Gasteiger partial charge on any atom is -0.455 e. The van der Waals surface area contributed by atoms with Crippen LogP contribution in [0, 0.1) is 6.92 Å². The average molecular weight is 505 g/mol. The van der Waals surface area contributed by atoms with Crippen molar-refractivity contribution in [1.82, 2.24) is 9.38 Å². The Hall–Kier alpha value is -4.00. The maximum absolute atomic E-state index is 13.6. The number of benzene rings is 3. The van der Waals surface area contributed by atoms with E-state index in [1.54, 1.807) is 15.7 Å². The molecule has 36 heavy (non-hydrogen) atoms. The lowest BCUT2D eigenvalue weighted by Gasteiger charge is -2.29. The number of para-hydroxylation sites is 3. The van der Waals surface area contributed by atoms with E-state index in [2.05, 4.69) is 48.7 Å². The van der Waals surface area contributed by atoms with E-state index < -0.39 is 0 Å². The van der Waals surface area contributed by atoms with Crippen molar-refractivity contribution in [2.75, 3.05) is 0 Å². The Morgan fingerprint density at radius 1 is 0.944 bits per heavy atom. The number of ether oxygens (including phenoxy) is 1. The minimum absolute atomic E-state index is 0.0526. The minimum atomic E-state index is -0.0711. The molecule has 4 nitrogen and oxygen atoms in total. The summed E-state index contributed by atoms with van der Waals surface area (Å²) in [6, 6.07) is 28.7. The molecule has 7 rings (SSSR count). The van der Waals surface area contributed by atoms with Gasteiger partial charge in [-0.1, -0.05) is 77.6 Å². The summed E-state index contributed by atoms with van der Waals surface area (Å²) in [5.74, 6) is 1.57. The number of aryl methyl sites for hydroxylation is 1. The molecule has 3 aromatic heterocycles. The monoisotopic (exact) mass is 504 g/mol. The maximum atomic E-state index is 13.6. The van der Waals surface area contributed by atoms with Crippen LogP contribution in [-0.4, -0.2) is 9.38 Å². The van der Waals surface area contributed by atoms with Crippen molar-refractivity contribution in [3.05, 3.63) is 132 Å². The largest absolute Gasteiger partial charge is 0.455 e. The molecule has 0 bridgehead atoms. The Morgan fingerprint density at radius 2 is 1.75 bits per heavy atom. The van der Waals surface area contributed by atoms with Crippen molar-refractivity contribution in [2.45, 2.75) is 12.8 Å². The first-order valence-corrected chi connectivity index (χ1v) is 13.4. The van der Waals surface area contributed by atoms with Crippen LogP contribution in [0.1, 0.15) is 27.5 Å². The zero-order valence-corrected chi connectivity index (χ0v) is 21.0.